The predicted octanol–water partition coefficient (Wildman–Crippen LogP) is 1.90. The summed E-state index contributed by atoms with van der Waals surface area (Å²) in [6.07, 6.45) is 4.01. The number of aliphatic imine (C=N–C) groups is 1. The van der Waals surface area contributed by atoms with Crippen LogP contribution in [-0.4, -0.2) is 61.3 Å². The zero-order chi connectivity index (χ0) is 18.7. The number of rotatable bonds is 5. The maximum Gasteiger partial charge on any atom is 0.422 e. The van der Waals surface area contributed by atoms with Crippen molar-refractivity contribution in [1.82, 2.24) is 4.90 Å². The maximum atomic E-state index is 12.1. The van der Waals surface area contributed by atoms with E-state index in [0.29, 0.717) is 18.2 Å². The van der Waals surface area contributed by atoms with E-state index in [1.807, 2.05) is 0 Å². The number of allylic oxidation sites excluding steroid dienone is 1. The largest absolute Gasteiger partial charge is 0.468 e. The lowest BCUT2D eigenvalue weighted by atomic mass is 9.90. The van der Waals surface area contributed by atoms with Gasteiger partial charge in [0, 0.05) is 25.3 Å². The summed E-state index contributed by atoms with van der Waals surface area (Å²) in [5.41, 5.74) is 11.0. The lowest BCUT2D eigenvalue weighted by Crippen LogP contribution is -2.49. The Bertz CT molecular complexity index is 533. The van der Waals surface area contributed by atoms with Gasteiger partial charge in [-0.15, -0.1) is 0 Å². The first-order valence-electron chi connectivity index (χ1n) is 9.17. The quantitative estimate of drug-likeness (QED) is 0.565. The minimum atomic E-state index is -4.45. The molecule has 1 saturated carbocycles. The first kappa shape index (κ1) is 19.3. The van der Waals surface area contributed by atoms with E-state index in [0.717, 1.165) is 38.8 Å². The molecular formula is C17H27F3N4O2. The van der Waals surface area contributed by atoms with Crippen molar-refractivity contribution in [3.05, 3.63) is 11.6 Å². The molecule has 0 aromatic rings. The normalized spacial score (nSPS) is 34.1. The number of fused-ring (bicyclic) bond motifs is 2. The van der Waals surface area contributed by atoms with Crippen molar-refractivity contribution in [3.63, 3.8) is 0 Å². The van der Waals surface area contributed by atoms with Crippen LogP contribution in [-0.2, 0) is 9.47 Å². The molecule has 2 saturated heterocycles. The highest BCUT2D eigenvalue weighted by molar-refractivity contribution is 5.77. The van der Waals surface area contributed by atoms with Gasteiger partial charge in [0.05, 0.1) is 18.2 Å². The van der Waals surface area contributed by atoms with Gasteiger partial charge in [0.25, 0.3) is 0 Å². The molecule has 0 aromatic heterocycles. The first-order chi connectivity index (χ1) is 12.3. The van der Waals surface area contributed by atoms with Gasteiger partial charge in [-0.3, -0.25) is 9.89 Å². The highest BCUT2D eigenvalue weighted by Gasteiger charge is 2.37. The predicted molar refractivity (Wildman–Crippen MR) is 91.4 cm³/mol. The Balaban J connectivity index is 1.44. The Labute approximate surface area is 151 Å². The topological polar surface area (TPSA) is 86.1 Å². The fourth-order valence-corrected chi connectivity index (χ4v) is 4.01. The zero-order valence-electron chi connectivity index (χ0n) is 14.8. The van der Waals surface area contributed by atoms with Crippen LogP contribution in [0.2, 0.25) is 0 Å². The molecule has 0 amide bonds. The van der Waals surface area contributed by atoms with Crippen molar-refractivity contribution in [2.45, 2.75) is 69.0 Å². The highest BCUT2D eigenvalue weighted by Crippen LogP contribution is 2.32. The molecule has 148 valence electrons. The monoisotopic (exact) mass is 376 g/mol. The molecule has 6 nitrogen and oxygen atoms in total. The van der Waals surface area contributed by atoms with Gasteiger partial charge in [0.2, 0.25) is 5.88 Å². The third-order valence-electron chi connectivity index (χ3n) is 5.35. The van der Waals surface area contributed by atoms with E-state index < -0.39 is 18.7 Å². The molecule has 9 heteroatoms. The SMILES string of the molecule is N/C(C=NC1CCC(N2C[C@H]3CC[C@@H](C2)O3)CC1)=C(/N)OCC(F)(F)F. The number of nitrogens with zero attached hydrogens (tertiary/aromatic N) is 2. The second-order valence-corrected chi connectivity index (χ2v) is 7.38. The lowest BCUT2D eigenvalue weighted by molar-refractivity contribution is -0.165. The van der Waals surface area contributed by atoms with E-state index in [1.165, 1.54) is 19.1 Å². The van der Waals surface area contributed by atoms with E-state index in [9.17, 15) is 13.2 Å². The number of likely N-dealkylation sites (tertiary alicyclic amines) is 1. The summed E-state index contributed by atoms with van der Waals surface area (Å²) in [7, 11) is 0. The van der Waals surface area contributed by atoms with Crippen molar-refractivity contribution in [2.24, 2.45) is 16.5 Å². The van der Waals surface area contributed by atoms with Crippen molar-refractivity contribution in [3.8, 4) is 0 Å². The van der Waals surface area contributed by atoms with Crippen LogP contribution in [0.5, 0.6) is 0 Å². The standard InChI is InChI=1S/C17H27F3N4O2/c18-17(19,20)10-25-16(22)15(21)7-23-11-1-3-12(4-2-11)24-8-13-5-6-14(9-24)26-13/h7,11-14H,1-6,8-10,21-22H2/b16-15-,23-7?/t11?,12?,13-,14+. The van der Waals surface area contributed by atoms with Crippen LogP contribution in [0.1, 0.15) is 38.5 Å². The molecule has 1 aliphatic carbocycles. The summed E-state index contributed by atoms with van der Waals surface area (Å²) in [5.74, 6) is -0.441. The molecule has 3 fully saturated rings. The number of morpholine rings is 1. The number of ether oxygens (including phenoxy) is 2. The summed E-state index contributed by atoms with van der Waals surface area (Å²) in [6, 6.07) is 0.694. The molecule has 2 aliphatic heterocycles. The van der Waals surface area contributed by atoms with E-state index >= 15 is 0 Å². The number of hydrogen-bond acceptors (Lipinski definition) is 6. The fraction of sp³-hybridized carbons (Fsp3) is 0.824. The summed E-state index contributed by atoms with van der Waals surface area (Å²) in [4.78, 5) is 6.94. The molecule has 0 radical (unpaired) electrons. The van der Waals surface area contributed by atoms with Crippen molar-refractivity contribution < 1.29 is 22.6 Å². The number of alkyl halides is 3. The zero-order valence-corrected chi connectivity index (χ0v) is 14.8. The second-order valence-electron chi connectivity index (χ2n) is 7.38. The molecule has 2 heterocycles. The van der Waals surface area contributed by atoms with Crippen LogP contribution in [0, 0.1) is 0 Å². The molecule has 0 unspecified atom stereocenters. The fourth-order valence-electron chi connectivity index (χ4n) is 4.01. The smallest absolute Gasteiger partial charge is 0.422 e. The summed E-state index contributed by atoms with van der Waals surface area (Å²) in [5, 5.41) is 0. The van der Waals surface area contributed by atoms with E-state index in [1.54, 1.807) is 0 Å². The van der Waals surface area contributed by atoms with Gasteiger partial charge in [-0.1, -0.05) is 0 Å². The average Bonchev–Trinajstić information content (AvgIpc) is 2.95. The minimum absolute atomic E-state index is 0.0684. The molecule has 2 bridgehead atoms. The van der Waals surface area contributed by atoms with Crippen LogP contribution in [0.25, 0.3) is 0 Å². The van der Waals surface area contributed by atoms with E-state index in [-0.39, 0.29) is 11.7 Å². The molecule has 4 N–H and O–H groups in total. The number of nitrogens with two attached hydrogens (primary N) is 2. The summed E-state index contributed by atoms with van der Waals surface area (Å²) in [6.45, 7) is 0.593. The Morgan fingerprint density at radius 2 is 1.69 bits per heavy atom. The van der Waals surface area contributed by atoms with E-state index in [4.69, 9.17) is 16.2 Å². The Kier molecular flexibility index (Phi) is 5.96. The lowest BCUT2D eigenvalue weighted by Gasteiger charge is -2.40. The Morgan fingerprint density at radius 1 is 1.08 bits per heavy atom. The van der Waals surface area contributed by atoms with Gasteiger partial charge in [-0.25, -0.2) is 0 Å². The van der Waals surface area contributed by atoms with Crippen LogP contribution in [0.15, 0.2) is 16.6 Å². The molecule has 26 heavy (non-hydrogen) atoms. The minimum Gasteiger partial charge on any atom is -0.468 e. The van der Waals surface area contributed by atoms with Crippen LogP contribution >= 0.6 is 0 Å². The molecule has 0 aromatic carbocycles. The van der Waals surface area contributed by atoms with Gasteiger partial charge in [-0.05, 0) is 38.5 Å². The van der Waals surface area contributed by atoms with Crippen molar-refractivity contribution in [1.29, 1.82) is 0 Å². The van der Waals surface area contributed by atoms with Gasteiger partial charge in [-0.2, -0.15) is 13.2 Å². The number of hydrogen-bond donors (Lipinski definition) is 2. The molecule has 0 spiro atoms. The summed E-state index contributed by atoms with van der Waals surface area (Å²) >= 11 is 0. The molecular weight excluding hydrogens is 349 g/mol. The summed E-state index contributed by atoms with van der Waals surface area (Å²) < 4.78 is 46.6. The van der Waals surface area contributed by atoms with Crippen molar-refractivity contribution >= 4 is 6.21 Å². The van der Waals surface area contributed by atoms with E-state index in [2.05, 4.69) is 14.6 Å². The van der Waals surface area contributed by atoms with Gasteiger partial charge >= 0.3 is 6.18 Å². The number of halogens is 3. The Hall–Kier alpha value is -1.48. The molecule has 3 rings (SSSR count). The van der Waals surface area contributed by atoms with Gasteiger partial charge < -0.3 is 20.9 Å². The second kappa shape index (κ2) is 8.04. The Morgan fingerprint density at radius 3 is 2.27 bits per heavy atom. The maximum absolute atomic E-state index is 12.1. The van der Waals surface area contributed by atoms with Crippen molar-refractivity contribution in [2.75, 3.05) is 19.7 Å². The average molecular weight is 376 g/mol. The third-order valence-corrected chi connectivity index (χ3v) is 5.35. The van der Waals surface area contributed by atoms with Gasteiger partial charge in [0.15, 0.2) is 6.61 Å². The van der Waals surface area contributed by atoms with Gasteiger partial charge in [0.1, 0.15) is 5.70 Å². The third kappa shape index (κ3) is 5.26. The van der Waals surface area contributed by atoms with Crippen LogP contribution < -0.4 is 11.5 Å². The molecule has 2 atom stereocenters. The first-order valence-corrected chi connectivity index (χ1v) is 9.17. The molecule has 3 aliphatic rings. The highest BCUT2D eigenvalue weighted by atomic mass is 19.4. The van der Waals surface area contributed by atoms with Crippen LogP contribution in [0.4, 0.5) is 13.2 Å². The van der Waals surface area contributed by atoms with Crippen LogP contribution in [0.3, 0.4) is 0 Å².